The molecule has 1 aliphatic heterocycles. The SMILES string of the molecule is CN1CCC[C@]2(CCCC[C@@H]2O)C1. The van der Waals surface area contributed by atoms with Crippen LogP contribution in [0.4, 0.5) is 0 Å². The van der Waals surface area contributed by atoms with Gasteiger partial charge in [0, 0.05) is 12.0 Å². The van der Waals surface area contributed by atoms with Crippen LogP contribution in [0.1, 0.15) is 38.5 Å². The van der Waals surface area contributed by atoms with Gasteiger partial charge in [-0.1, -0.05) is 12.8 Å². The van der Waals surface area contributed by atoms with Gasteiger partial charge in [-0.2, -0.15) is 0 Å². The summed E-state index contributed by atoms with van der Waals surface area (Å²) in [6.45, 7) is 2.34. The van der Waals surface area contributed by atoms with Crippen molar-refractivity contribution < 1.29 is 5.11 Å². The second kappa shape index (κ2) is 3.58. The molecule has 2 nitrogen and oxygen atoms in total. The van der Waals surface area contributed by atoms with Crippen LogP contribution in [0.3, 0.4) is 0 Å². The second-order valence-corrected chi connectivity index (χ2v) is 4.97. The van der Waals surface area contributed by atoms with Crippen LogP contribution < -0.4 is 0 Å². The van der Waals surface area contributed by atoms with E-state index in [2.05, 4.69) is 11.9 Å². The third kappa shape index (κ3) is 1.75. The first kappa shape index (κ1) is 9.47. The van der Waals surface area contributed by atoms with E-state index in [1.807, 2.05) is 0 Å². The van der Waals surface area contributed by atoms with Crippen LogP contribution >= 0.6 is 0 Å². The number of hydrogen-bond donors (Lipinski definition) is 1. The van der Waals surface area contributed by atoms with Gasteiger partial charge in [0.1, 0.15) is 0 Å². The van der Waals surface area contributed by atoms with Gasteiger partial charge in [0.25, 0.3) is 0 Å². The maximum atomic E-state index is 10.1. The lowest BCUT2D eigenvalue weighted by Crippen LogP contribution is -2.49. The lowest BCUT2D eigenvalue weighted by atomic mass is 9.67. The van der Waals surface area contributed by atoms with Crippen LogP contribution in [0.25, 0.3) is 0 Å². The molecular weight excluding hydrogens is 162 g/mol. The van der Waals surface area contributed by atoms with Gasteiger partial charge in [-0.15, -0.1) is 0 Å². The summed E-state index contributed by atoms with van der Waals surface area (Å²) >= 11 is 0. The quantitative estimate of drug-likeness (QED) is 0.617. The van der Waals surface area contributed by atoms with E-state index in [-0.39, 0.29) is 11.5 Å². The molecule has 1 saturated carbocycles. The van der Waals surface area contributed by atoms with Crippen molar-refractivity contribution in [3.8, 4) is 0 Å². The molecule has 0 radical (unpaired) electrons. The molecule has 13 heavy (non-hydrogen) atoms. The Labute approximate surface area is 80.9 Å². The highest BCUT2D eigenvalue weighted by atomic mass is 16.3. The van der Waals surface area contributed by atoms with Crippen molar-refractivity contribution >= 4 is 0 Å². The number of aliphatic hydroxyl groups is 1. The van der Waals surface area contributed by atoms with Crippen molar-refractivity contribution in [1.82, 2.24) is 4.90 Å². The molecule has 2 aliphatic rings. The Hall–Kier alpha value is -0.0800. The Kier molecular flexibility index (Phi) is 2.61. The van der Waals surface area contributed by atoms with E-state index in [1.165, 1.54) is 38.6 Å². The van der Waals surface area contributed by atoms with Crippen molar-refractivity contribution in [2.24, 2.45) is 5.41 Å². The Morgan fingerprint density at radius 2 is 2.00 bits per heavy atom. The molecule has 2 rings (SSSR count). The predicted octanol–water partition coefficient (Wildman–Crippen LogP) is 1.63. The van der Waals surface area contributed by atoms with Crippen LogP contribution in [-0.4, -0.2) is 36.2 Å². The fourth-order valence-electron chi connectivity index (χ4n) is 3.16. The lowest BCUT2D eigenvalue weighted by Gasteiger charge is -2.47. The largest absolute Gasteiger partial charge is 0.393 e. The second-order valence-electron chi connectivity index (χ2n) is 4.97. The van der Waals surface area contributed by atoms with E-state index in [4.69, 9.17) is 0 Å². The predicted molar refractivity (Wildman–Crippen MR) is 53.6 cm³/mol. The average Bonchev–Trinajstić information content (AvgIpc) is 2.11. The summed E-state index contributed by atoms with van der Waals surface area (Å²) in [4.78, 5) is 2.39. The Bertz CT molecular complexity index is 179. The number of hydrogen-bond acceptors (Lipinski definition) is 2. The van der Waals surface area contributed by atoms with E-state index < -0.39 is 0 Å². The minimum atomic E-state index is -0.0241. The minimum absolute atomic E-state index is 0.0241. The van der Waals surface area contributed by atoms with E-state index in [0.29, 0.717) is 0 Å². The summed E-state index contributed by atoms with van der Waals surface area (Å²) in [5, 5.41) is 10.1. The third-order valence-electron chi connectivity index (χ3n) is 3.91. The normalized spacial score (nSPS) is 42.5. The van der Waals surface area contributed by atoms with Gasteiger partial charge >= 0.3 is 0 Å². The van der Waals surface area contributed by atoms with Crippen LogP contribution in [0.5, 0.6) is 0 Å². The van der Waals surface area contributed by atoms with Crippen LogP contribution in [0, 0.1) is 5.41 Å². The van der Waals surface area contributed by atoms with Gasteiger partial charge in [0.15, 0.2) is 0 Å². The molecule has 2 fully saturated rings. The third-order valence-corrected chi connectivity index (χ3v) is 3.91. The maximum absolute atomic E-state index is 10.1. The zero-order valence-electron chi connectivity index (χ0n) is 8.63. The van der Waals surface area contributed by atoms with Gasteiger partial charge in [-0.05, 0) is 39.3 Å². The van der Waals surface area contributed by atoms with Gasteiger partial charge in [0.2, 0.25) is 0 Å². The molecular formula is C11H21NO. The molecule has 1 saturated heterocycles. The van der Waals surface area contributed by atoms with Crippen molar-refractivity contribution in [2.45, 2.75) is 44.6 Å². The fourth-order valence-corrected chi connectivity index (χ4v) is 3.16. The van der Waals surface area contributed by atoms with E-state index in [0.717, 1.165) is 13.0 Å². The zero-order valence-corrected chi connectivity index (χ0v) is 8.63. The topological polar surface area (TPSA) is 23.5 Å². The first-order valence-corrected chi connectivity index (χ1v) is 5.60. The van der Waals surface area contributed by atoms with E-state index in [1.54, 1.807) is 0 Å². The summed E-state index contributed by atoms with van der Waals surface area (Å²) in [7, 11) is 2.18. The van der Waals surface area contributed by atoms with E-state index >= 15 is 0 Å². The molecule has 2 atom stereocenters. The molecule has 2 heteroatoms. The van der Waals surface area contributed by atoms with Crippen LogP contribution in [-0.2, 0) is 0 Å². The summed E-state index contributed by atoms with van der Waals surface area (Å²) in [5.41, 5.74) is 0.269. The summed E-state index contributed by atoms with van der Waals surface area (Å²) in [6, 6.07) is 0. The van der Waals surface area contributed by atoms with Crippen molar-refractivity contribution in [1.29, 1.82) is 0 Å². The molecule has 1 spiro atoms. The number of nitrogens with zero attached hydrogens (tertiary/aromatic N) is 1. The molecule has 1 heterocycles. The number of rotatable bonds is 0. The van der Waals surface area contributed by atoms with Crippen molar-refractivity contribution in [3.63, 3.8) is 0 Å². The zero-order chi connectivity index (χ0) is 9.31. The highest BCUT2D eigenvalue weighted by molar-refractivity contribution is 4.94. The number of piperidine rings is 1. The van der Waals surface area contributed by atoms with Gasteiger partial charge in [-0.25, -0.2) is 0 Å². The highest BCUT2D eigenvalue weighted by Crippen LogP contribution is 2.42. The molecule has 0 aromatic rings. The Balaban J connectivity index is 2.07. The summed E-state index contributed by atoms with van der Waals surface area (Å²) < 4.78 is 0. The molecule has 0 amide bonds. The first-order chi connectivity index (χ1) is 6.23. The molecule has 0 bridgehead atoms. The number of likely N-dealkylation sites (tertiary alicyclic amines) is 1. The van der Waals surface area contributed by atoms with Gasteiger partial charge < -0.3 is 10.0 Å². The van der Waals surface area contributed by atoms with Crippen molar-refractivity contribution in [2.75, 3.05) is 20.1 Å². The monoisotopic (exact) mass is 183 g/mol. The van der Waals surface area contributed by atoms with Gasteiger partial charge in [-0.3, -0.25) is 0 Å². The molecule has 0 aromatic heterocycles. The smallest absolute Gasteiger partial charge is 0.0608 e. The number of aliphatic hydroxyl groups excluding tert-OH is 1. The maximum Gasteiger partial charge on any atom is 0.0608 e. The fraction of sp³-hybridized carbons (Fsp3) is 1.00. The lowest BCUT2D eigenvalue weighted by molar-refractivity contribution is -0.0540. The molecule has 1 N–H and O–H groups in total. The van der Waals surface area contributed by atoms with Gasteiger partial charge in [0.05, 0.1) is 6.10 Å². The highest BCUT2D eigenvalue weighted by Gasteiger charge is 2.41. The summed E-state index contributed by atoms with van der Waals surface area (Å²) in [5.74, 6) is 0. The minimum Gasteiger partial charge on any atom is -0.393 e. The Morgan fingerprint density at radius 1 is 1.23 bits per heavy atom. The Morgan fingerprint density at radius 3 is 2.69 bits per heavy atom. The van der Waals surface area contributed by atoms with Crippen LogP contribution in [0.15, 0.2) is 0 Å². The summed E-state index contributed by atoms with van der Waals surface area (Å²) in [6.07, 6.45) is 7.33. The van der Waals surface area contributed by atoms with Crippen molar-refractivity contribution in [3.05, 3.63) is 0 Å². The first-order valence-electron chi connectivity index (χ1n) is 5.60. The molecule has 76 valence electrons. The molecule has 0 aromatic carbocycles. The van der Waals surface area contributed by atoms with E-state index in [9.17, 15) is 5.11 Å². The average molecular weight is 183 g/mol. The molecule has 1 aliphatic carbocycles. The molecule has 0 unspecified atom stereocenters. The standard InChI is InChI=1S/C11H21NO/c1-12-8-4-7-11(9-12)6-3-2-5-10(11)13/h10,13H,2-9H2,1H3/t10-,11+/m0/s1. The van der Waals surface area contributed by atoms with Crippen LogP contribution in [0.2, 0.25) is 0 Å².